The topological polar surface area (TPSA) is 0 Å². The highest BCUT2D eigenvalue weighted by molar-refractivity contribution is 5.32. The Morgan fingerprint density at radius 3 is 2.83 bits per heavy atom. The van der Waals surface area contributed by atoms with Crippen molar-refractivity contribution in [3.05, 3.63) is 29.5 Å². The molecule has 0 aliphatic heterocycles. The molecule has 62 valence electrons. The van der Waals surface area contributed by atoms with Crippen molar-refractivity contribution in [1.29, 1.82) is 0 Å². The third-order valence-electron chi connectivity index (χ3n) is 3.76. The zero-order valence-electron chi connectivity index (χ0n) is 7.29. The largest absolute Gasteiger partial charge is 0.117 e. The summed E-state index contributed by atoms with van der Waals surface area (Å²) in [6.07, 6.45) is 12.4. The molecule has 0 nitrogen and oxygen atoms in total. The molecule has 0 N–H and O–H groups in total. The zero-order chi connectivity index (χ0) is 7.97. The lowest BCUT2D eigenvalue weighted by atomic mass is 9.84. The Morgan fingerprint density at radius 1 is 1.25 bits per heavy atom. The van der Waals surface area contributed by atoms with E-state index in [0.29, 0.717) is 0 Å². The van der Waals surface area contributed by atoms with E-state index in [-0.39, 0.29) is 0 Å². The van der Waals surface area contributed by atoms with Gasteiger partial charge in [-0.2, -0.15) is 0 Å². The van der Waals surface area contributed by atoms with Crippen LogP contribution in [0.4, 0.5) is 0 Å². The number of rotatable bonds is 1. The molecule has 0 aromatic heterocycles. The highest BCUT2D eigenvalue weighted by atomic mass is 14.4. The van der Waals surface area contributed by atoms with Crippen LogP contribution >= 0.6 is 0 Å². The summed E-state index contributed by atoms with van der Waals surface area (Å²) in [6.45, 7) is 0. The van der Waals surface area contributed by atoms with Gasteiger partial charge in [-0.3, -0.25) is 0 Å². The molecule has 2 fully saturated rings. The quantitative estimate of drug-likeness (QED) is 0.514. The number of hydrogen-bond acceptors (Lipinski definition) is 0. The monoisotopic (exact) mass is 158 g/mol. The molecule has 3 unspecified atom stereocenters. The van der Waals surface area contributed by atoms with Crippen molar-refractivity contribution in [3.8, 4) is 0 Å². The van der Waals surface area contributed by atoms with E-state index < -0.39 is 0 Å². The fourth-order valence-corrected chi connectivity index (χ4v) is 3.20. The molecule has 0 aromatic rings. The minimum atomic E-state index is 0.874. The van der Waals surface area contributed by atoms with Gasteiger partial charge in [0, 0.05) is 0 Å². The van der Waals surface area contributed by atoms with Gasteiger partial charge in [-0.15, -0.1) is 5.73 Å². The normalized spacial score (nSPS) is 42.7. The Morgan fingerprint density at radius 2 is 2.25 bits per heavy atom. The van der Waals surface area contributed by atoms with Gasteiger partial charge in [0.1, 0.15) is 0 Å². The van der Waals surface area contributed by atoms with Gasteiger partial charge in [0.2, 0.25) is 0 Å². The molecular formula is C12H14. The van der Waals surface area contributed by atoms with Gasteiger partial charge in [0.25, 0.3) is 0 Å². The van der Waals surface area contributed by atoms with Gasteiger partial charge in [-0.1, -0.05) is 18.6 Å². The van der Waals surface area contributed by atoms with Gasteiger partial charge in [-0.25, -0.2) is 0 Å². The van der Waals surface area contributed by atoms with Crippen molar-refractivity contribution >= 4 is 0 Å². The maximum absolute atomic E-state index is 3.36. The third-order valence-corrected chi connectivity index (χ3v) is 3.76. The number of fused-ring (bicyclic) bond motifs is 2. The highest BCUT2D eigenvalue weighted by Gasteiger charge is 2.40. The Hall–Kier alpha value is -0.740. The summed E-state index contributed by atoms with van der Waals surface area (Å²) < 4.78 is 0. The maximum Gasteiger partial charge on any atom is -0.00263 e. The lowest BCUT2D eigenvalue weighted by molar-refractivity contribution is 0.384. The Labute approximate surface area is 73.7 Å². The van der Waals surface area contributed by atoms with E-state index in [2.05, 4.69) is 24.0 Å². The Balaban J connectivity index is 1.87. The molecule has 0 spiro atoms. The lowest BCUT2D eigenvalue weighted by Crippen LogP contribution is -2.10. The molecule has 12 heavy (non-hydrogen) atoms. The summed E-state index contributed by atoms with van der Waals surface area (Å²) >= 11 is 0. The van der Waals surface area contributed by atoms with Crippen molar-refractivity contribution in [2.75, 3.05) is 0 Å². The van der Waals surface area contributed by atoms with Gasteiger partial charge >= 0.3 is 0 Å². The minimum absolute atomic E-state index is 0.874. The predicted molar refractivity (Wildman–Crippen MR) is 49.7 cm³/mol. The molecule has 0 heterocycles. The van der Waals surface area contributed by atoms with Gasteiger partial charge in [0.15, 0.2) is 0 Å². The number of allylic oxidation sites excluding steroid dienone is 3. The molecular weight excluding hydrogens is 144 g/mol. The van der Waals surface area contributed by atoms with Crippen LogP contribution in [0.5, 0.6) is 0 Å². The van der Waals surface area contributed by atoms with Crippen molar-refractivity contribution in [2.45, 2.75) is 25.7 Å². The Kier molecular flexibility index (Phi) is 1.33. The SMILES string of the molecule is C1=CC=CC=1C1CC2CCC1C2. The van der Waals surface area contributed by atoms with Gasteiger partial charge in [0.05, 0.1) is 0 Å². The summed E-state index contributed by atoms with van der Waals surface area (Å²) in [4.78, 5) is 0. The molecule has 2 bridgehead atoms. The summed E-state index contributed by atoms with van der Waals surface area (Å²) in [5, 5.41) is 0. The van der Waals surface area contributed by atoms with E-state index in [4.69, 9.17) is 0 Å². The van der Waals surface area contributed by atoms with Crippen LogP contribution in [0.3, 0.4) is 0 Å². The molecule has 2 saturated carbocycles. The number of hydrogen-bond donors (Lipinski definition) is 0. The second-order valence-corrected chi connectivity index (χ2v) is 4.41. The van der Waals surface area contributed by atoms with E-state index in [9.17, 15) is 0 Å². The molecule has 0 aromatic carbocycles. The minimum Gasteiger partial charge on any atom is -0.117 e. The second-order valence-electron chi connectivity index (χ2n) is 4.41. The van der Waals surface area contributed by atoms with E-state index >= 15 is 0 Å². The summed E-state index contributed by atoms with van der Waals surface area (Å²) in [6, 6.07) is 0. The standard InChI is InChI=1S/C12H14/c1-2-4-10(3-1)12-8-9-5-6-11(12)7-9/h1-3,9,11-12H,5-8H2. The van der Waals surface area contributed by atoms with Crippen LogP contribution in [0.2, 0.25) is 0 Å². The predicted octanol–water partition coefficient (Wildman–Crippen LogP) is 3.07. The van der Waals surface area contributed by atoms with E-state index in [1.54, 1.807) is 0 Å². The average Bonchev–Trinajstić information content (AvgIpc) is 2.81. The second kappa shape index (κ2) is 2.37. The fourth-order valence-electron chi connectivity index (χ4n) is 3.20. The van der Waals surface area contributed by atoms with Crippen molar-refractivity contribution in [3.63, 3.8) is 0 Å². The van der Waals surface area contributed by atoms with E-state index in [1.165, 1.54) is 31.3 Å². The molecule has 0 radical (unpaired) electrons. The van der Waals surface area contributed by atoms with E-state index in [0.717, 1.165) is 17.8 Å². The van der Waals surface area contributed by atoms with Crippen LogP contribution in [-0.4, -0.2) is 0 Å². The lowest BCUT2D eigenvalue weighted by Gasteiger charge is -2.20. The van der Waals surface area contributed by atoms with Crippen molar-refractivity contribution < 1.29 is 0 Å². The van der Waals surface area contributed by atoms with Crippen LogP contribution < -0.4 is 0 Å². The first-order valence-corrected chi connectivity index (χ1v) is 5.07. The molecule has 3 aliphatic rings. The van der Waals surface area contributed by atoms with Crippen LogP contribution in [0.25, 0.3) is 0 Å². The van der Waals surface area contributed by atoms with Crippen LogP contribution in [0, 0.1) is 17.8 Å². The zero-order valence-corrected chi connectivity index (χ0v) is 7.29. The van der Waals surface area contributed by atoms with Gasteiger partial charge < -0.3 is 0 Å². The van der Waals surface area contributed by atoms with Crippen LogP contribution in [0.15, 0.2) is 29.5 Å². The highest BCUT2D eigenvalue weighted by Crippen LogP contribution is 2.51. The molecule has 3 atom stereocenters. The maximum atomic E-state index is 3.36. The van der Waals surface area contributed by atoms with Crippen molar-refractivity contribution in [1.82, 2.24) is 0 Å². The first kappa shape index (κ1) is 6.74. The molecule has 0 amide bonds. The first-order chi connectivity index (χ1) is 5.93. The summed E-state index contributed by atoms with van der Waals surface area (Å²) in [5.74, 6) is 2.94. The van der Waals surface area contributed by atoms with Gasteiger partial charge in [-0.05, 0) is 48.7 Å². The van der Waals surface area contributed by atoms with E-state index in [1.807, 2.05) is 0 Å². The summed E-state index contributed by atoms with van der Waals surface area (Å²) in [7, 11) is 0. The molecule has 0 saturated heterocycles. The molecule has 3 rings (SSSR count). The fraction of sp³-hybridized carbons (Fsp3) is 0.583. The molecule has 0 heteroatoms. The average molecular weight is 158 g/mol. The van der Waals surface area contributed by atoms with Crippen LogP contribution in [-0.2, 0) is 0 Å². The Bertz CT molecular complexity index is 289. The van der Waals surface area contributed by atoms with Crippen molar-refractivity contribution in [2.24, 2.45) is 17.8 Å². The third kappa shape index (κ3) is 0.850. The first-order valence-electron chi connectivity index (χ1n) is 5.07. The van der Waals surface area contributed by atoms with Crippen LogP contribution in [0.1, 0.15) is 25.7 Å². The smallest absolute Gasteiger partial charge is 0.00263 e. The summed E-state index contributed by atoms with van der Waals surface area (Å²) in [5.41, 5.74) is 4.85. The molecule has 3 aliphatic carbocycles.